The molecule has 0 saturated heterocycles. The van der Waals surface area contributed by atoms with Crippen molar-refractivity contribution in [3.8, 4) is 23.0 Å². The largest absolute Gasteiger partial charge is 0.493 e. The summed E-state index contributed by atoms with van der Waals surface area (Å²) in [6.45, 7) is 47.8. The highest BCUT2D eigenvalue weighted by Gasteiger charge is 2.43. The fourth-order valence-corrected chi connectivity index (χ4v) is 9.40. The molecule has 3 rings (SSSR count). The number of esters is 2. The minimum Gasteiger partial charge on any atom is -0.493 e. The van der Waals surface area contributed by atoms with Gasteiger partial charge in [-0.15, -0.1) is 0 Å². The van der Waals surface area contributed by atoms with E-state index in [1.54, 1.807) is 13.8 Å². The van der Waals surface area contributed by atoms with Crippen LogP contribution in [0.25, 0.3) is 0 Å². The molecule has 0 spiro atoms. The van der Waals surface area contributed by atoms with E-state index in [4.69, 9.17) is 56.8 Å². The van der Waals surface area contributed by atoms with Crippen molar-refractivity contribution in [1.29, 1.82) is 0 Å². The summed E-state index contributed by atoms with van der Waals surface area (Å²) in [5.74, 6) is 1.41. The predicted molar refractivity (Wildman–Crippen MR) is 371 cm³/mol. The molecule has 0 radical (unpaired) electrons. The molecule has 0 heterocycles. The molecular weight excluding hydrogens is 1200 g/mol. The molecule has 0 aliphatic carbocycles. The molecule has 0 aliphatic rings. The Morgan fingerprint density at radius 1 is 0.383 bits per heavy atom. The molecule has 0 aliphatic heterocycles. The van der Waals surface area contributed by atoms with E-state index in [2.05, 4.69) is 107 Å². The molecule has 0 bridgehead atoms. The number of nitrogens with one attached hydrogen (secondary N) is 2. The summed E-state index contributed by atoms with van der Waals surface area (Å²) in [5, 5.41) is 5.54. The van der Waals surface area contributed by atoms with Crippen LogP contribution in [0.2, 0.25) is 0 Å². The topological polar surface area (TPSA) is 203 Å². The predicted octanol–water partition coefficient (Wildman–Crippen LogP) is 16.2. The Balaban J connectivity index is 1.37. The SMILES string of the molecule is C=C(C)C(=O)OCCCNC(=O)OC(C)(C)C(COc1ccccc1)COC(C)(C)C(C)(C)CCCCOC(C)(C)CCOc1ccc(OCCC(C)(C)OCCCCC(C)(C)C(C)(C)OCC(COc2ccccc2)C(C)(C)OC(=O)NCCCOC(=O)C(=C)C)cc1. The number of ether oxygens (including phenoxy) is 12. The Bertz CT molecular complexity index is 2540. The molecule has 2 amide bonds. The molecule has 94 heavy (non-hydrogen) atoms. The number of hydrogen-bond acceptors (Lipinski definition) is 16. The van der Waals surface area contributed by atoms with Crippen LogP contribution in [0.4, 0.5) is 9.59 Å². The van der Waals surface area contributed by atoms with Gasteiger partial charge in [-0.05, 0) is 195 Å². The first-order valence-corrected chi connectivity index (χ1v) is 33.7. The first-order valence-electron chi connectivity index (χ1n) is 33.7. The number of benzene rings is 3. The van der Waals surface area contributed by atoms with E-state index in [0.717, 1.165) is 50.0 Å². The lowest BCUT2D eigenvalue weighted by molar-refractivity contribution is -0.140. The molecule has 2 N–H and O–H groups in total. The number of para-hydroxylation sites is 2. The Morgan fingerprint density at radius 2 is 0.713 bits per heavy atom. The lowest BCUT2D eigenvalue weighted by Gasteiger charge is -2.44. The van der Waals surface area contributed by atoms with Crippen LogP contribution in [0.5, 0.6) is 23.0 Å². The van der Waals surface area contributed by atoms with Crippen LogP contribution in [0.1, 0.15) is 189 Å². The van der Waals surface area contributed by atoms with Crippen LogP contribution in [0.15, 0.2) is 109 Å². The van der Waals surface area contributed by atoms with Crippen molar-refractivity contribution in [1.82, 2.24) is 10.6 Å². The highest BCUT2D eigenvalue weighted by molar-refractivity contribution is 5.87. The normalized spacial score (nSPS) is 13.2. The van der Waals surface area contributed by atoms with E-state index in [1.807, 2.05) is 113 Å². The van der Waals surface area contributed by atoms with Gasteiger partial charge in [0.25, 0.3) is 0 Å². The molecule has 2 unspecified atom stereocenters. The van der Waals surface area contributed by atoms with E-state index < -0.39 is 46.5 Å². The lowest BCUT2D eigenvalue weighted by Crippen LogP contribution is -2.48. The summed E-state index contributed by atoms with van der Waals surface area (Å²) in [7, 11) is 0. The molecule has 2 atom stereocenters. The Labute approximate surface area is 564 Å². The number of unbranched alkanes of at least 4 members (excludes halogenated alkanes) is 2. The third-order valence-electron chi connectivity index (χ3n) is 18.1. The number of carbonyl (C=O) groups is 4. The standard InChI is InChI=1S/C76H120N2O16/c1-57(2)65(79)85-47-31-45-77-67(81)93-73(13,14)59(53-87-61-33-23-21-24-34-61)55-91-75(17,18)69(5,6)41-27-29-49-89-71(9,10)43-51-83-63-37-39-64(40-38-63)84-52-44-72(11,12)90-50-30-28-42-70(7,8)76(19,20)92-56-60(54-88-62-35-25-22-26-36-62)74(15,16)94-68(82)78-46-32-48-86-66(80)58(3)4/h21-26,33-40,59-60H,1,3,27-32,41-56H2,2,4-20H3,(H,77,81)(H,78,82). The van der Waals surface area contributed by atoms with E-state index >= 15 is 0 Å². The van der Waals surface area contributed by atoms with Crippen molar-refractivity contribution in [2.45, 2.75) is 222 Å². The van der Waals surface area contributed by atoms with Crippen molar-refractivity contribution in [2.75, 3.05) is 79.2 Å². The Kier molecular flexibility index (Phi) is 34.0. The smallest absolute Gasteiger partial charge is 0.407 e. The van der Waals surface area contributed by atoms with Crippen molar-refractivity contribution in [3.05, 3.63) is 109 Å². The molecule has 0 fully saturated rings. The molecule has 0 saturated carbocycles. The number of carbonyl (C=O) groups excluding carboxylic acids is 4. The fourth-order valence-electron chi connectivity index (χ4n) is 9.40. The summed E-state index contributed by atoms with van der Waals surface area (Å²) in [4.78, 5) is 49.4. The van der Waals surface area contributed by atoms with Gasteiger partial charge >= 0.3 is 24.1 Å². The van der Waals surface area contributed by atoms with E-state index in [1.165, 1.54) is 0 Å². The Hall–Kier alpha value is -6.34. The minimum absolute atomic E-state index is 0.158. The monoisotopic (exact) mass is 1320 g/mol. The zero-order valence-electron chi connectivity index (χ0n) is 60.7. The van der Waals surface area contributed by atoms with E-state index in [9.17, 15) is 19.2 Å². The van der Waals surface area contributed by atoms with Gasteiger partial charge in [-0.2, -0.15) is 0 Å². The third-order valence-corrected chi connectivity index (χ3v) is 18.1. The van der Waals surface area contributed by atoms with Gasteiger partial charge in [0.05, 0.1) is 87.1 Å². The van der Waals surface area contributed by atoms with Crippen molar-refractivity contribution in [2.24, 2.45) is 22.7 Å². The Morgan fingerprint density at radius 3 is 1.04 bits per heavy atom. The van der Waals surface area contributed by atoms with Crippen molar-refractivity contribution < 1.29 is 76.0 Å². The summed E-state index contributed by atoms with van der Waals surface area (Å²) >= 11 is 0. The van der Waals surface area contributed by atoms with E-state index in [0.29, 0.717) is 74.8 Å². The highest BCUT2D eigenvalue weighted by atomic mass is 16.6. The summed E-state index contributed by atoms with van der Waals surface area (Å²) in [6, 6.07) is 26.8. The first kappa shape index (κ1) is 81.9. The molecule has 0 aromatic heterocycles. The third kappa shape index (κ3) is 31.5. The van der Waals surface area contributed by atoms with Gasteiger partial charge in [-0.1, -0.05) is 90.1 Å². The molecule has 3 aromatic rings. The van der Waals surface area contributed by atoms with Crippen molar-refractivity contribution >= 4 is 24.1 Å². The van der Waals surface area contributed by atoms with Crippen molar-refractivity contribution in [3.63, 3.8) is 0 Å². The average Bonchev–Trinajstić information content (AvgIpc) is 0.855. The number of rotatable bonds is 48. The zero-order valence-corrected chi connectivity index (χ0v) is 60.7. The van der Waals surface area contributed by atoms with Crippen LogP contribution >= 0.6 is 0 Å². The maximum atomic E-state index is 13.0. The van der Waals surface area contributed by atoms with Crippen LogP contribution in [0.3, 0.4) is 0 Å². The number of alkyl carbamates (subject to hydrolysis) is 2. The second-order valence-corrected chi connectivity index (χ2v) is 29.2. The summed E-state index contributed by atoms with van der Waals surface area (Å²) in [5.41, 5.74) is -3.49. The molecule has 18 nitrogen and oxygen atoms in total. The van der Waals surface area contributed by atoms with Crippen LogP contribution in [0, 0.1) is 22.7 Å². The summed E-state index contributed by atoms with van der Waals surface area (Å²) in [6.07, 6.45) is 6.66. The molecule has 3 aromatic carbocycles. The van der Waals surface area contributed by atoms with Crippen LogP contribution in [-0.4, -0.2) is 137 Å². The van der Waals surface area contributed by atoms with Crippen LogP contribution in [-0.2, 0) is 47.5 Å². The van der Waals surface area contributed by atoms with E-state index in [-0.39, 0.29) is 86.6 Å². The van der Waals surface area contributed by atoms with Gasteiger partial charge < -0.3 is 67.5 Å². The maximum absolute atomic E-state index is 13.0. The van der Waals surface area contributed by atoms with Gasteiger partial charge in [0.1, 0.15) is 34.2 Å². The minimum atomic E-state index is -0.955. The first-order chi connectivity index (χ1) is 43.9. The maximum Gasteiger partial charge on any atom is 0.407 e. The zero-order chi connectivity index (χ0) is 70.3. The van der Waals surface area contributed by atoms with Gasteiger partial charge in [0.2, 0.25) is 0 Å². The van der Waals surface area contributed by atoms with Gasteiger partial charge in [-0.25, -0.2) is 19.2 Å². The quantitative estimate of drug-likeness (QED) is 0.0234. The molecule has 530 valence electrons. The second-order valence-electron chi connectivity index (χ2n) is 29.2. The average molecular weight is 1320 g/mol. The molecular formula is C76H120N2O16. The van der Waals surface area contributed by atoms with Gasteiger partial charge in [0.15, 0.2) is 0 Å². The lowest BCUT2D eigenvalue weighted by atomic mass is 9.73. The summed E-state index contributed by atoms with van der Waals surface area (Å²) < 4.78 is 73.2. The number of amides is 2. The highest BCUT2D eigenvalue weighted by Crippen LogP contribution is 2.41. The second kappa shape index (κ2) is 39.0. The fraction of sp³-hybridized carbons (Fsp3) is 0.658. The van der Waals surface area contributed by atoms with Gasteiger partial charge in [0, 0.05) is 50.3 Å². The van der Waals surface area contributed by atoms with Crippen LogP contribution < -0.4 is 29.6 Å². The van der Waals surface area contributed by atoms with Gasteiger partial charge in [-0.3, -0.25) is 0 Å². The number of hydrogen-bond donors (Lipinski definition) is 2. The molecule has 18 heteroatoms.